The zero-order chi connectivity index (χ0) is 21.5. The van der Waals surface area contributed by atoms with Gasteiger partial charge in [0.05, 0.1) is 23.2 Å². The predicted octanol–water partition coefficient (Wildman–Crippen LogP) is 3.23. The molecule has 2 aromatic carbocycles. The van der Waals surface area contributed by atoms with Gasteiger partial charge in [0.25, 0.3) is 5.91 Å². The third-order valence-electron chi connectivity index (χ3n) is 5.52. The molecule has 1 heterocycles. The highest BCUT2D eigenvalue weighted by Crippen LogP contribution is 2.46. The first-order chi connectivity index (χ1) is 14.3. The maximum Gasteiger partial charge on any atom is 0.335 e. The first kappa shape index (κ1) is 20.3. The van der Waals surface area contributed by atoms with Crippen LogP contribution >= 0.6 is 11.6 Å². The molecule has 4 rings (SSSR count). The number of carbonyl (C=O) groups excluding carboxylic acids is 1. The normalized spacial score (nSPS) is 17.8. The van der Waals surface area contributed by atoms with E-state index >= 15 is 0 Å². The van der Waals surface area contributed by atoms with Gasteiger partial charge in [-0.25, -0.2) is 9.80 Å². The average Bonchev–Trinajstić information content (AvgIpc) is 3.44. The van der Waals surface area contributed by atoms with Crippen molar-refractivity contribution in [2.45, 2.75) is 18.4 Å². The number of carboxylic acid groups (broad SMARTS) is 1. The summed E-state index contributed by atoms with van der Waals surface area (Å²) in [6.45, 7) is 0.409. The Balaban J connectivity index is 1.57. The fourth-order valence-corrected chi connectivity index (χ4v) is 3.71. The zero-order valence-corrected chi connectivity index (χ0v) is 17.4. The van der Waals surface area contributed by atoms with Crippen LogP contribution in [0.15, 0.2) is 60.0 Å². The van der Waals surface area contributed by atoms with Crippen LogP contribution in [0.25, 0.3) is 0 Å². The number of hydrazine groups is 1. The fraction of sp³-hybridized carbons (Fsp3) is 0.273. The summed E-state index contributed by atoms with van der Waals surface area (Å²) in [6, 6.07) is 13.7. The second-order valence-corrected chi connectivity index (χ2v) is 8.04. The molecule has 8 heteroatoms. The molecular formula is C22H22ClN3O4. The molecule has 0 bridgehead atoms. The van der Waals surface area contributed by atoms with Crippen molar-refractivity contribution in [2.75, 3.05) is 20.6 Å². The number of likely N-dealkylation sites (N-methyl/N-ethyl adjacent to an activating group) is 1. The minimum Gasteiger partial charge on any atom is -0.478 e. The lowest BCUT2D eigenvalue weighted by Gasteiger charge is -2.23. The second-order valence-electron chi connectivity index (χ2n) is 7.60. The minimum atomic E-state index is -0.972. The van der Waals surface area contributed by atoms with Gasteiger partial charge in [0.15, 0.2) is 0 Å². The molecule has 7 nitrogen and oxygen atoms in total. The summed E-state index contributed by atoms with van der Waals surface area (Å²) < 4.78 is 6.01. The van der Waals surface area contributed by atoms with Gasteiger partial charge in [-0.2, -0.15) is 0 Å². The molecule has 2 N–H and O–H groups in total. The largest absolute Gasteiger partial charge is 0.478 e. The van der Waals surface area contributed by atoms with Crippen LogP contribution in [0.3, 0.4) is 0 Å². The molecule has 1 amide bonds. The van der Waals surface area contributed by atoms with E-state index in [4.69, 9.17) is 21.4 Å². The Kier molecular flexibility index (Phi) is 5.17. The van der Waals surface area contributed by atoms with Crippen LogP contribution in [0.1, 0.15) is 28.8 Å². The highest BCUT2D eigenvalue weighted by Gasteiger charge is 2.47. The van der Waals surface area contributed by atoms with Gasteiger partial charge in [-0.1, -0.05) is 29.8 Å². The van der Waals surface area contributed by atoms with Crippen molar-refractivity contribution in [2.24, 2.45) is 0 Å². The van der Waals surface area contributed by atoms with E-state index in [1.165, 1.54) is 0 Å². The molecule has 0 saturated heterocycles. The number of carbonyl (C=O) groups is 2. The standard InChI is InChI=1S/C22H22ClN3O4/c1-25-13-18(20(26(25)2)30-17-5-3-4-16(23)12-17)19(27)24-22(10-11-22)15-8-6-14(7-9-15)21(28)29/h3-9,12H,10-11,13H2,1-2H3,(H,24,27)(H,28,29). The summed E-state index contributed by atoms with van der Waals surface area (Å²) in [5.74, 6) is -0.173. The first-order valence-electron chi connectivity index (χ1n) is 9.57. The summed E-state index contributed by atoms with van der Waals surface area (Å²) in [4.78, 5) is 24.3. The number of aromatic carboxylic acids is 1. The van der Waals surface area contributed by atoms with Gasteiger partial charge >= 0.3 is 5.97 Å². The summed E-state index contributed by atoms with van der Waals surface area (Å²) in [7, 11) is 3.71. The Morgan fingerprint density at radius 3 is 2.43 bits per heavy atom. The number of ether oxygens (including phenoxy) is 1. The van der Waals surface area contributed by atoms with Crippen molar-refractivity contribution in [1.29, 1.82) is 0 Å². The van der Waals surface area contributed by atoms with E-state index in [-0.39, 0.29) is 11.5 Å². The van der Waals surface area contributed by atoms with Gasteiger partial charge in [-0.3, -0.25) is 9.80 Å². The molecule has 1 aliphatic heterocycles. The van der Waals surface area contributed by atoms with Crippen LogP contribution in [0.4, 0.5) is 0 Å². The number of halogens is 1. The van der Waals surface area contributed by atoms with Crippen LogP contribution in [-0.4, -0.2) is 47.6 Å². The molecule has 156 valence electrons. The van der Waals surface area contributed by atoms with Crippen molar-refractivity contribution in [3.05, 3.63) is 76.1 Å². The minimum absolute atomic E-state index is 0.206. The molecule has 0 unspecified atom stereocenters. The Labute approximate surface area is 179 Å². The molecule has 2 aliphatic rings. The van der Waals surface area contributed by atoms with Crippen molar-refractivity contribution < 1.29 is 19.4 Å². The smallest absolute Gasteiger partial charge is 0.335 e. The van der Waals surface area contributed by atoms with Gasteiger partial charge in [-0.05, 0) is 48.7 Å². The highest BCUT2D eigenvalue weighted by molar-refractivity contribution is 6.30. The van der Waals surface area contributed by atoms with Gasteiger partial charge in [-0.15, -0.1) is 0 Å². The van der Waals surface area contributed by atoms with Gasteiger partial charge < -0.3 is 15.2 Å². The van der Waals surface area contributed by atoms with Crippen molar-refractivity contribution >= 4 is 23.5 Å². The molecule has 0 spiro atoms. The van der Waals surface area contributed by atoms with Crippen molar-refractivity contribution in [3.8, 4) is 5.75 Å². The molecule has 0 atom stereocenters. The first-order valence-corrected chi connectivity index (χ1v) is 9.94. The lowest BCUT2D eigenvalue weighted by molar-refractivity contribution is -0.118. The number of nitrogens with zero attached hydrogens (tertiary/aromatic N) is 2. The van der Waals surface area contributed by atoms with E-state index in [9.17, 15) is 9.59 Å². The number of rotatable bonds is 6. The number of hydrogen-bond acceptors (Lipinski definition) is 5. The SMILES string of the molecule is CN1CC(C(=O)NC2(c3ccc(C(=O)O)cc3)CC2)=C(Oc2cccc(Cl)c2)N1C. The predicted molar refractivity (Wildman–Crippen MR) is 112 cm³/mol. The molecule has 1 saturated carbocycles. The van der Waals surface area contributed by atoms with Crippen molar-refractivity contribution in [1.82, 2.24) is 15.3 Å². The third kappa shape index (κ3) is 3.86. The fourth-order valence-electron chi connectivity index (χ4n) is 3.53. The maximum absolute atomic E-state index is 13.2. The summed E-state index contributed by atoms with van der Waals surface area (Å²) in [6.07, 6.45) is 1.60. The quantitative estimate of drug-likeness (QED) is 0.736. The zero-order valence-electron chi connectivity index (χ0n) is 16.7. The van der Waals surface area contributed by atoms with E-state index in [1.807, 2.05) is 19.1 Å². The Bertz CT molecular complexity index is 1030. The highest BCUT2D eigenvalue weighted by atomic mass is 35.5. The monoisotopic (exact) mass is 427 g/mol. The third-order valence-corrected chi connectivity index (χ3v) is 5.76. The van der Waals surface area contributed by atoms with Gasteiger partial charge in [0.1, 0.15) is 5.75 Å². The molecule has 0 aromatic heterocycles. The van der Waals surface area contributed by atoms with E-state index < -0.39 is 11.5 Å². The van der Waals surface area contributed by atoms with Crippen LogP contribution < -0.4 is 10.1 Å². The van der Waals surface area contributed by atoms with E-state index in [0.29, 0.717) is 28.8 Å². The Hall–Kier alpha value is -3.03. The molecule has 1 fully saturated rings. The summed E-state index contributed by atoms with van der Waals surface area (Å²) in [5.41, 5.74) is 1.17. The molecular weight excluding hydrogens is 406 g/mol. The number of benzene rings is 2. The Morgan fingerprint density at radius 2 is 1.83 bits per heavy atom. The maximum atomic E-state index is 13.2. The van der Waals surface area contributed by atoms with Crippen molar-refractivity contribution in [3.63, 3.8) is 0 Å². The van der Waals surface area contributed by atoms with Gasteiger partial charge in [0, 0.05) is 19.1 Å². The average molecular weight is 428 g/mol. The molecule has 30 heavy (non-hydrogen) atoms. The number of hydrogen-bond donors (Lipinski definition) is 2. The molecule has 2 aromatic rings. The lowest BCUT2D eigenvalue weighted by atomic mass is 10.0. The van der Waals surface area contributed by atoms with Crippen LogP contribution in [-0.2, 0) is 10.3 Å². The van der Waals surface area contributed by atoms with Gasteiger partial charge in [0.2, 0.25) is 5.88 Å². The summed E-state index contributed by atoms with van der Waals surface area (Å²) in [5, 5.41) is 16.5. The van der Waals surface area contributed by atoms with Crippen LogP contribution in [0, 0.1) is 0 Å². The van der Waals surface area contributed by atoms with E-state index in [2.05, 4.69) is 5.32 Å². The van der Waals surface area contributed by atoms with Crippen LogP contribution in [0.2, 0.25) is 5.02 Å². The summed E-state index contributed by atoms with van der Waals surface area (Å²) >= 11 is 6.05. The van der Waals surface area contributed by atoms with E-state index in [0.717, 1.165) is 18.4 Å². The second kappa shape index (κ2) is 7.66. The number of nitrogens with one attached hydrogen (secondary N) is 1. The lowest BCUT2D eigenvalue weighted by Crippen LogP contribution is -2.37. The number of carboxylic acids is 1. The van der Waals surface area contributed by atoms with E-state index in [1.54, 1.807) is 53.5 Å². The molecule has 1 aliphatic carbocycles. The Morgan fingerprint density at radius 1 is 1.13 bits per heavy atom. The van der Waals surface area contributed by atoms with Crippen LogP contribution in [0.5, 0.6) is 5.75 Å². The molecule has 0 radical (unpaired) electrons. The topological polar surface area (TPSA) is 82.1 Å². The number of amides is 1.